The standard InChI is InChI=1S/C14H27NO/c1-11-5-4-7-13(9-11)15-10-12-6-2-3-8-14(12)16/h11-16H,2-10H2,1H3. The second-order valence-electron chi connectivity index (χ2n) is 5.99. The zero-order valence-electron chi connectivity index (χ0n) is 10.6. The van der Waals surface area contributed by atoms with Crippen LogP contribution in [0.25, 0.3) is 0 Å². The van der Waals surface area contributed by atoms with Crippen LogP contribution >= 0.6 is 0 Å². The Hall–Kier alpha value is -0.0800. The molecule has 16 heavy (non-hydrogen) atoms. The summed E-state index contributed by atoms with van der Waals surface area (Å²) in [6.07, 6.45) is 10.2. The van der Waals surface area contributed by atoms with Crippen LogP contribution in [-0.4, -0.2) is 23.8 Å². The molecule has 2 nitrogen and oxygen atoms in total. The number of rotatable bonds is 3. The van der Waals surface area contributed by atoms with Gasteiger partial charge < -0.3 is 10.4 Å². The van der Waals surface area contributed by atoms with Crippen LogP contribution in [0.5, 0.6) is 0 Å². The Kier molecular flexibility index (Phi) is 4.66. The van der Waals surface area contributed by atoms with E-state index in [1.807, 2.05) is 0 Å². The third-order valence-corrected chi connectivity index (χ3v) is 4.47. The van der Waals surface area contributed by atoms with Crippen molar-refractivity contribution in [2.75, 3.05) is 6.54 Å². The second kappa shape index (κ2) is 6.02. The third-order valence-electron chi connectivity index (χ3n) is 4.47. The predicted molar refractivity (Wildman–Crippen MR) is 67.4 cm³/mol. The van der Waals surface area contributed by atoms with Crippen LogP contribution in [0.15, 0.2) is 0 Å². The van der Waals surface area contributed by atoms with E-state index >= 15 is 0 Å². The predicted octanol–water partition coefficient (Wildman–Crippen LogP) is 2.71. The number of aliphatic hydroxyl groups is 1. The van der Waals surface area contributed by atoms with Crippen molar-refractivity contribution in [3.63, 3.8) is 0 Å². The number of hydrogen-bond acceptors (Lipinski definition) is 2. The average Bonchev–Trinajstić information content (AvgIpc) is 2.28. The number of aliphatic hydroxyl groups excluding tert-OH is 1. The van der Waals surface area contributed by atoms with Crippen LogP contribution in [0, 0.1) is 11.8 Å². The highest BCUT2D eigenvalue weighted by atomic mass is 16.3. The van der Waals surface area contributed by atoms with Crippen LogP contribution < -0.4 is 5.32 Å². The van der Waals surface area contributed by atoms with Crippen molar-refractivity contribution in [1.29, 1.82) is 0 Å². The molecule has 4 unspecified atom stereocenters. The van der Waals surface area contributed by atoms with E-state index in [1.165, 1.54) is 44.9 Å². The van der Waals surface area contributed by atoms with Crippen molar-refractivity contribution in [3.8, 4) is 0 Å². The third kappa shape index (κ3) is 3.46. The van der Waals surface area contributed by atoms with Gasteiger partial charge in [-0.1, -0.05) is 32.6 Å². The SMILES string of the molecule is CC1CCCC(NCC2CCCCC2O)C1. The van der Waals surface area contributed by atoms with Gasteiger partial charge in [0.1, 0.15) is 0 Å². The molecule has 2 N–H and O–H groups in total. The fourth-order valence-corrected chi connectivity index (χ4v) is 3.36. The molecule has 0 radical (unpaired) electrons. The maximum Gasteiger partial charge on any atom is 0.0580 e. The molecule has 0 aromatic heterocycles. The van der Waals surface area contributed by atoms with Crippen molar-refractivity contribution < 1.29 is 5.11 Å². The van der Waals surface area contributed by atoms with Crippen molar-refractivity contribution in [2.45, 2.75) is 70.4 Å². The van der Waals surface area contributed by atoms with Gasteiger partial charge in [0, 0.05) is 12.6 Å². The lowest BCUT2D eigenvalue weighted by molar-refractivity contribution is 0.0667. The first-order valence-electron chi connectivity index (χ1n) is 7.17. The molecular formula is C14H27NO. The summed E-state index contributed by atoms with van der Waals surface area (Å²) in [7, 11) is 0. The number of nitrogens with one attached hydrogen (secondary N) is 1. The molecule has 2 fully saturated rings. The largest absolute Gasteiger partial charge is 0.393 e. The molecule has 2 saturated carbocycles. The molecule has 0 spiro atoms. The van der Waals surface area contributed by atoms with Gasteiger partial charge in [0.05, 0.1) is 6.10 Å². The fourth-order valence-electron chi connectivity index (χ4n) is 3.36. The molecule has 0 bridgehead atoms. The van der Waals surface area contributed by atoms with E-state index < -0.39 is 0 Å². The van der Waals surface area contributed by atoms with Gasteiger partial charge in [0.2, 0.25) is 0 Å². The average molecular weight is 225 g/mol. The van der Waals surface area contributed by atoms with E-state index in [9.17, 15) is 5.11 Å². The van der Waals surface area contributed by atoms with Gasteiger partial charge in [-0.15, -0.1) is 0 Å². The summed E-state index contributed by atoms with van der Waals surface area (Å²) in [4.78, 5) is 0. The highest BCUT2D eigenvalue weighted by Crippen LogP contribution is 2.26. The summed E-state index contributed by atoms with van der Waals surface area (Å²) in [6, 6.07) is 0.720. The molecule has 2 rings (SSSR count). The first-order chi connectivity index (χ1) is 7.75. The fraction of sp³-hybridized carbons (Fsp3) is 1.00. The molecule has 4 atom stereocenters. The highest BCUT2D eigenvalue weighted by Gasteiger charge is 2.25. The lowest BCUT2D eigenvalue weighted by Crippen LogP contribution is -2.40. The quantitative estimate of drug-likeness (QED) is 0.774. The smallest absolute Gasteiger partial charge is 0.0580 e. The molecular weight excluding hydrogens is 198 g/mol. The normalized spacial score (nSPS) is 40.9. The summed E-state index contributed by atoms with van der Waals surface area (Å²) < 4.78 is 0. The Labute approximate surface area is 99.8 Å². The van der Waals surface area contributed by atoms with Crippen LogP contribution in [0.1, 0.15) is 58.3 Å². The van der Waals surface area contributed by atoms with Gasteiger partial charge in [0.25, 0.3) is 0 Å². The maximum atomic E-state index is 9.91. The second-order valence-corrected chi connectivity index (χ2v) is 5.99. The van der Waals surface area contributed by atoms with Gasteiger partial charge in [-0.05, 0) is 37.5 Å². The van der Waals surface area contributed by atoms with E-state index in [-0.39, 0.29) is 6.10 Å². The highest BCUT2D eigenvalue weighted by molar-refractivity contribution is 4.80. The minimum atomic E-state index is -0.0396. The Morgan fingerprint density at radius 2 is 1.88 bits per heavy atom. The molecule has 2 heteroatoms. The molecule has 0 amide bonds. The van der Waals surface area contributed by atoms with Crippen LogP contribution in [0.3, 0.4) is 0 Å². The summed E-state index contributed by atoms with van der Waals surface area (Å²) in [5.41, 5.74) is 0. The first-order valence-corrected chi connectivity index (χ1v) is 7.17. The Morgan fingerprint density at radius 1 is 1.06 bits per heavy atom. The summed E-state index contributed by atoms with van der Waals surface area (Å²) in [5.74, 6) is 1.41. The van der Waals surface area contributed by atoms with Crippen LogP contribution in [-0.2, 0) is 0 Å². The van der Waals surface area contributed by atoms with Crippen molar-refractivity contribution in [2.24, 2.45) is 11.8 Å². The molecule has 2 aliphatic carbocycles. The van der Waals surface area contributed by atoms with Crippen LogP contribution in [0.4, 0.5) is 0 Å². The van der Waals surface area contributed by atoms with E-state index in [1.54, 1.807) is 0 Å². The topological polar surface area (TPSA) is 32.3 Å². The van der Waals surface area contributed by atoms with E-state index in [4.69, 9.17) is 0 Å². The molecule has 94 valence electrons. The lowest BCUT2D eigenvalue weighted by Gasteiger charge is -2.32. The summed E-state index contributed by atoms with van der Waals surface area (Å²) in [5, 5.41) is 13.6. The van der Waals surface area contributed by atoms with Crippen molar-refractivity contribution >= 4 is 0 Å². The van der Waals surface area contributed by atoms with Crippen molar-refractivity contribution in [3.05, 3.63) is 0 Å². The molecule has 0 aliphatic heterocycles. The van der Waals surface area contributed by atoms with Gasteiger partial charge >= 0.3 is 0 Å². The molecule has 2 aliphatic rings. The van der Waals surface area contributed by atoms with Gasteiger partial charge in [-0.2, -0.15) is 0 Å². The monoisotopic (exact) mass is 225 g/mol. The number of hydrogen-bond donors (Lipinski definition) is 2. The van der Waals surface area contributed by atoms with Gasteiger partial charge in [-0.25, -0.2) is 0 Å². The zero-order chi connectivity index (χ0) is 11.4. The van der Waals surface area contributed by atoms with E-state index in [2.05, 4.69) is 12.2 Å². The van der Waals surface area contributed by atoms with Crippen LogP contribution in [0.2, 0.25) is 0 Å². The van der Waals surface area contributed by atoms with Gasteiger partial charge in [-0.3, -0.25) is 0 Å². The summed E-state index contributed by atoms with van der Waals surface area (Å²) >= 11 is 0. The molecule has 0 heterocycles. The Bertz CT molecular complexity index is 207. The minimum absolute atomic E-state index is 0.0396. The van der Waals surface area contributed by atoms with E-state index in [0.717, 1.165) is 24.9 Å². The zero-order valence-corrected chi connectivity index (χ0v) is 10.6. The summed E-state index contributed by atoms with van der Waals surface area (Å²) in [6.45, 7) is 3.40. The lowest BCUT2D eigenvalue weighted by atomic mass is 9.84. The molecule has 0 aromatic rings. The van der Waals surface area contributed by atoms with E-state index in [0.29, 0.717) is 5.92 Å². The first kappa shape index (κ1) is 12.4. The Balaban J connectivity index is 1.69. The Morgan fingerprint density at radius 3 is 2.62 bits per heavy atom. The maximum absolute atomic E-state index is 9.91. The minimum Gasteiger partial charge on any atom is -0.393 e. The van der Waals surface area contributed by atoms with Crippen molar-refractivity contribution in [1.82, 2.24) is 5.32 Å². The molecule has 0 saturated heterocycles. The molecule has 0 aromatic carbocycles. The van der Waals surface area contributed by atoms with Gasteiger partial charge in [0.15, 0.2) is 0 Å².